The highest BCUT2D eigenvalue weighted by Gasteiger charge is 2.33. The molecule has 0 aliphatic heterocycles. The molecule has 0 N–H and O–H groups in total. The number of hydrogen-bond donors (Lipinski definition) is 0. The molecule has 11 rings (SSSR count). The summed E-state index contributed by atoms with van der Waals surface area (Å²) in [6.07, 6.45) is 0. The molecule has 0 bridgehead atoms. The third-order valence-corrected chi connectivity index (χ3v) is 14.8. The lowest BCUT2D eigenvalue weighted by molar-refractivity contribution is 1.02. The van der Waals surface area contributed by atoms with Crippen molar-refractivity contribution in [3.63, 3.8) is 0 Å². The molecule has 0 saturated heterocycles. The van der Waals surface area contributed by atoms with Crippen molar-refractivity contribution in [2.75, 3.05) is 0 Å². The number of aryl methyl sites for hydroxylation is 5. The molecule has 1 heterocycles. The Kier molecular flexibility index (Phi) is 12.0. The van der Waals surface area contributed by atoms with E-state index in [9.17, 15) is 0 Å². The Labute approximate surface area is 430 Å². The molecule has 0 aliphatic carbocycles. The molecule has 0 atom stereocenters. The van der Waals surface area contributed by atoms with E-state index >= 15 is 0 Å². The van der Waals surface area contributed by atoms with Gasteiger partial charge in [-0.2, -0.15) is 0 Å². The quantitative estimate of drug-likeness (QED) is 0.143. The number of fused-ring (bicyclic) bond motifs is 3. The standard InChI is InChI=1S/C65H47Cl4N/c1-38-6-14-42(15-7-38)54-56(43-16-8-39(2)9-17-43)60(48-20-12-41(4)13-21-48)64-62(58(54)44-18-10-40(3)11-19-44)63-59(47-26-34-52(68)35-27-47)55(45-22-30-50(66)31-23-45)57(46-24-32-51(67)33-25-46)61(65(63)70(64)5)49-28-36-53(69)37-29-49/h6-37H,1-5H3. The molecular weight excluding hydrogens is 937 g/mol. The van der Waals surface area contributed by atoms with Gasteiger partial charge in [-0.25, -0.2) is 0 Å². The smallest absolute Gasteiger partial charge is 0.0581 e. The van der Waals surface area contributed by atoms with Crippen molar-refractivity contribution in [1.82, 2.24) is 4.57 Å². The van der Waals surface area contributed by atoms with Crippen molar-refractivity contribution in [2.45, 2.75) is 27.7 Å². The van der Waals surface area contributed by atoms with Crippen molar-refractivity contribution < 1.29 is 0 Å². The molecule has 70 heavy (non-hydrogen) atoms. The fraction of sp³-hybridized carbons (Fsp3) is 0.0769. The second-order valence-electron chi connectivity index (χ2n) is 18.5. The second kappa shape index (κ2) is 18.5. The lowest BCUT2D eigenvalue weighted by atomic mass is 9.77. The van der Waals surface area contributed by atoms with Gasteiger partial charge in [0.15, 0.2) is 0 Å². The van der Waals surface area contributed by atoms with Gasteiger partial charge in [0.05, 0.1) is 11.0 Å². The minimum atomic E-state index is 0.657. The van der Waals surface area contributed by atoms with Gasteiger partial charge in [-0.15, -0.1) is 0 Å². The van der Waals surface area contributed by atoms with Gasteiger partial charge in [0.2, 0.25) is 0 Å². The van der Waals surface area contributed by atoms with Crippen molar-refractivity contribution in [3.8, 4) is 89.0 Å². The van der Waals surface area contributed by atoms with Gasteiger partial charge in [0, 0.05) is 71.3 Å². The van der Waals surface area contributed by atoms with Crippen LogP contribution in [0.4, 0.5) is 0 Å². The maximum atomic E-state index is 6.81. The van der Waals surface area contributed by atoms with E-state index in [0.717, 1.165) is 105 Å². The molecule has 0 saturated carbocycles. The van der Waals surface area contributed by atoms with Crippen molar-refractivity contribution in [2.24, 2.45) is 7.05 Å². The first-order valence-electron chi connectivity index (χ1n) is 23.5. The Hall–Kier alpha value is -6.84. The maximum absolute atomic E-state index is 6.81. The lowest BCUT2D eigenvalue weighted by Crippen LogP contribution is -2.00. The molecule has 340 valence electrons. The number of benzene rings is 10. The molecule has 0 fully saturated rings. The Morgan fingerprint density at radius 2 is 0.400 bits per heavy atom. The van der Waals surface area contributed by atoms with Gasteiger partial charge in [-0.3, -0.25) is 0 Å². The summed E-state index contributed by atoms with van der Waals surface area (Å²) in [6.45, 7) is 8.63. The number of rotatable bonds is 8. The SMILES string of the molecule is Cc1ccc(-c2c(-c3ccc(C)cc3)c(-c3ccc(C)cc3)c3c(c2-c2ccc(C)cc2)c2c(-c4ccc(Cl)cc4)c(-c4ccc(Cl)cc4)c(-c4ccc(Cl)cc4)c(-c4ccc(Cl)cc4)c2n3C)cc1. The Morgan fingerprint density at radius 3 is 0.629 bits per heavy atom. The van der Waals surface area contributed by atoms with E-state index in [1.165, 1.54) is 27.8 Å². The van der Waals surface area contributed by atoms with Crippen LogP contribution in [0.25, 0.3) is 111 Å². The fourth-order valence-corrected chi connectivity index (χ4v) is 10.9. The van der Waals surface area contributed by atoms with Gasteiger partial charge in [-0.1, -0.05) is 214 Å². The first kappa shape index (κ1) is 45.6. The molecule has 0 amide bonds. The summed E-state index contributed by atoms with van der Waals surface area (Å²) >= 11 is 27.1. The van der Waals surface area contributed by atoms with Gasteiger partial charge in [-0.05, 0) is 132 Å². The summed E-state index contributed by atoms with van der Waals surface area (Å²) in [5.74, 6) is 0. The van der Waals surface area contributed by atoms with E-state index < -0.39 is 0 Å². The van der Waals surface area contributed by atoms with Crippen LogP contribution in [0.1, 0.15) is 22.3 Å². The van der Waals surface area contributed by atoms with Crippen LogP contribution in [0, 0.1) is 27.7 Å². The summed E-state index contributed by atoms with van der Waals surface area (Å²) in [4.78, 5) is 0. The summed E-state index contributed by atoms with van der Waals surface area (Å²) in [5.41, 5.74) is 24.4. The number of aromatic nitrogens is 1. The number of nitrogens with zero attached hydrogens (tertiary/aromatic N) is 1. The van der Waals surface area contributed by atoms with Crippen LogP contribution in [0.2, 0.25) is 20.1 Å². The molecule has 1 nitrogen and oxygen atoms in total. The Morgan fingerprint density at radius 1 is 0.229 bits per heavy atom. The van der Waals surface area contributed by atoms with Crippen LogP contribution in [-0.2, 0) is 7.05 Å². The maximum Gasteiger partial charge on any atom is 0.0581 e. The summed E-state index contributed by atoms with van der Waals surface area (Å²) < 4.78 is 2.47. The monoisotopic (exact) mass is 981 g/mol. The van der Waals surface area contributed by atoms with Crippen LogP contribution in [-0.4, -0.2) is 4.57 Å². The summed E-state index contributed by atoms with van der Waals surface area (Å²) in [6, 6.07) is 69.4. The van der Waals surface area contributed by atoms with Crippen molar-refractivity contribution in [3.05, 3.63) is 236 Å². The first-order valence-corrected chi connectivity index (χ1v) is 25.0. The van der Waals surface area contributed by atoms with Crippen LogP contribution >= 0.6 is 46.4 Å². The van der Waals surface area contributed by atoms with E-state index in [1.807, 2.05) is 48.5 Å². The van der Waals surface area contributed by atoms with Gasteiger partial charge in [0.1, 0.15) is 0 Å². The molecule has 1 aromatic heterocycles. The van der Waals surface area contributed by atoms with Crippen molar-refractivity contribution >= 4 is 68.2 Å². The summed E-state index contributed by atoms with van der Waals surface area (Å²) in [7, 11) is 2.25. The summed E-state index contributed by atoms with van der Waals surface area (Å²) in [5, 5.41) is 4.89. The topological polar surface area (TPSA) is 4.93 Å². The highest BCUT2D eigenvalue weighted by atomic mass is 35.5. The van der Waals surface area contributed by atoms with E-state index in [2.05, 4.69) is 185 Å². The van der Waals surface area contributed by atoms with Crippen LogP contribution in [0.5, 0.6) is 0 Å². The number of halogens is 4. The molecular formula is C65H47Cl4N. The average Bonchev–Trinajstić information content (AvgIpc) is 3.66. The molecule has 0 radical (unpaired) electrons. The Bertz CT molecular complexity index is 3500. The van der Waals surface area contributed by atoms with Crippen LogP contribution < -0.4 is 0 Å². The van der Waals surface area contributed by atoms with E-state index in [4.69, 9.17) is 46.4 Å². The zero-order chi connectivity index (χ0) is 48.4. The lowest BCUT2D eigenvalue weighted by Gasteiger charge is -2.25. The highest BCUT2D eigenvalue weighted by molar-refractivity contribution is 6.35. The molecule has 10 aromatic carbocycles. The van der Waals surface area contributed by atoms with Gasteiger partial charge in [0.25, 0.3) is 0 Å². The first-order chi connectivity index (χ1) is 33.9. The van der Waals surface area contributed by atoms with E-state index in [0.29, 0.717) is 20.1 Å². The molecule has 0 aliphatic rings. The zero-order valence-electron chi connectivity index (χ0n) is 39.4. The predicted octanol–water partition coefficient (Wildman–Crippen LogP) is 20.5. The Balaban J connectivity index is 1.54. The predicted molar refractivity (Wildman–Crippen MR) is 303 cm³/mol. The normalized spacial score (nSPS) is 11.5. The second-order valence-corrected chi connectivity index (χ2v) is 20.2. The molecule has 5 heteroatoms. The molecule has 0 spiro atoms. The minimum absolute atomic E-state index is 0.657. The van der Waals surface area contributed by atoms with Crippen molar-refractivity contribution in [1.29, 1.82) is 0 Å². The molecule has 11 aromatic rings. The zero-order valence-corrected chi connectivity index (χ0v) is 42.5. The third kappa shape index (κ3) is 8.11. The number of hydrogen-bond acceptors (Lipinski definition) is 0. The average molecular weight is 984 g/mol. The molecule has 0 unspecified atom stereocenters. The van der Waals surface area contributed by atoms with Gasteiger partial charge >= 0.3 is 0 Å². The van der Waals surface area contributed by atoms with Gasteiger partial charge < -0.3 is 4.57 Å². The van der Waals surface area contributed by atoms with E-state index in [1.54, 1.807) is 0 Å². The van der Waals surface area contributed by atoms with E-state index in [-0.39, 0.29) is 0 Å². The highest BCUT2D eigenvalue weighted by Crippen LogP contribution is 2.59. The van der Waals surface area contributed by atoms with Crippen LogP contribution in [0.3, 0.4) is 0 Å². The minimum Gasteiger partial charge on any atom is -0.343 e. The third-order valence-electron chi connectivity index (χ3n) is 13.8. The largest absolute Gasteiger partial charge is 0.343 e. The van der Waals surface area contributed by atoms with Crippen LogP contribution in [0.15, 0.2) is 194 Å². The fourth-order valence-electron chi connectivity index (χ4n) is 10.4.